The van der Waals surface area contributed by atoms with Gasteiger partial charge in [0.05, 0.1) is 6.26 Å². The van der Waals surface area contributed by atoms with E-state index in [1.165, 1.54) is 0 Å². The van der Waals surface area contributed by atoms with Crippen molar-refractivity contribution < 1.29 is 8.42 Å². The molecule has 174 valence electrons. The number of sulfonamides is 1. The minimum atomic E-state index is -3.44. The van der Waals surface area contributed by atoms with E-state index in [0.29, 0.717) is 36.9 Å². The van der Waals surface area contributed by atoms with Crippen molar-refractivity contribution in [1.82, 2.24) is 13.9 Å². The molecule has 2 unspecified atom stereocenters. The van der Waals surface area contributed by atoms with E-state index in [1.807, 2.05) is 49.5 Å². The van der Waals surface area contributed by atoms with Gasteiger partial charge in [0, 0.05) is 49.1 Å². The first-order valence-corrected chi connectivity index (χ1v) is 13.0. The average Bonchev–Trinajstić information content (AvgIpc) is 2.76. The fourth-order valence-electron chi connectivity index (χ4n) is 4.80. The van der Waals surface area contributed by atoms with Crippen LogP contribution >= 0.6 is 0 Å². The quantitative estimate of drug-likeness (QED) is 0.603. The van der Waals surface area contributed by atoms with E-state index < -0.39 is 10.0 Å². The molecule has 33 heavy (non-hydrogen) atoms. The SMILES string of the molecule is CCn1ccc2c(c1=O)C(Cc1cccc(-c3cccn(C)c3=O)c1)C(NS(C)(=O)=O)CC2. The molecule has 1 aliphatic carbocycles. The standard InChI is InChI=1S/C25H29N3O4S/c1-4-28-14-12-18-10-11-22(26-33(3,31)32)21(23(18)25(28)30)16-17-7-5-8-19(15-17)20-9-6-13-27(2)24(20)29/h5-9,12-15,21-22,26H,4,10-11,16H2,1-3H3. The van der Waals surface area contributed by atoms with Crippen LogP contribution < -0.4 is 15.8 Å². The summed E-state index contributed by atoms with van der Waals surface area (Å²) in [6.45, 7) is 2.47. The highest BCUT2D eigenvalue weighted by Gasteiger charge is 2.34. The molecular weight excluding hydrogens is 438 g/mol. The van der Waals surface area contributed by atoms with E-state index in [-0.39, 0.29) is 23.1 Å². The molecule has 3 aromatic rings. The number of hydrogen-bond donors (Lipinski definition) is 1. The third-order valence-electron chi connectivity index (χ3n) is 6.40. The van der Waals surface area contributed by atoms with Crippen LogP contribution in [-0.4, -0.2) is 29.8 Å². The van der Waals surface area contributed by atoms with E-state index >= 15 is 0 Å². The lowest BCUT2D eigenvalue weighted by Gasteiger charge is -2.33. The summed E-state index contributed by atoms with van der Waals surface area (Å²) in [5, 5.41) is 0. The maximum atomic E-state index is 13.3. The maximum Gasteiger partial charge on any atom is 0.258 e. The summed E-state index contributed by atoms with van der Waals surface area (Å²) in [6, 6.07) is 13.0. The highest BCUT2D eigenvalue weighted by molar-refractivity contribution is 7.88. The second kappa shape index (κ2) is 9.11. The summed E-state index contributed by atoms with van der Waals surface area (Å²) in [5.74, 6) is -0.302. The first-order valence-electron chi connectivity index (χ1n) is 11.1. The number of rotatable bonds is 6. The van der Waals surface area contributed by atoms with Crippen LogP contribution in [0.15, 0.2) is 64.4 Å². The molecule has 1 aromatic carbocycles. The molecule has 0 amide bonds. The van der Waals surface area contributed by atoms with Gasteiger partial charge in [-0.25, -0.2) is 13.1 Å². The maximum absolute atomic E-state index is 13.3. The van der Waals surface area contributed by atoms with Crippen molar-refractivity contribution in [3.05, 3.63) is 92.3 Å². The van der Waals surface area contributed by atoms with Crippen molar-refractivity contribution in [1.29, 1.82) is 0 Å². The van der Waals surface area contributed by atoms with Gasteiger partial charge in [0.2, 0.25) is 10.0 Å². The Balaban J connectivity index is 1.78. The number of aryl methyl sites for hydroxylation is 3. The van der Waals surface area contributed by atoms with Gasteiger partial charge in [0.25, 0.3) is 11.1 Å². The molecule has 4 rings (SSSR count). The van der Waals surface area contributed by atoms with E-state index in [9.17, 15) is 18.0 Å². The van der Waals surface area contributed by atoms with Gasteiger partial charge in [0.15, 0.2) is 0 Å². The lowest BCUT2D eigenvalue weighted by Crippen LogP contribution is -2.45. The Kier molecular flexibility index (Phi) is 6.41. The van der Waals surface area contributed by atoms with Gasteiger partial charge < -0.3 is 9.13 Å². The molecule has 0 spiro atoms. The normalized spacial score (nSPS) is 18.2. The number of aromatic nitrogens is 2. The van der Waals surface area contributed by atoms with Gasteiger partial charge in [-0.05, 0) is 61.1 Å². The molecule has 8 heteroatoms. The molecule has 0 bridgehead atoms. The third-order valence-corrected chi connectivity index (χ3v) is 7.13. The number of benzene rings is 1. The molecule has 2 heterocycles. The molecule has 0 saturated carbocycles. The van der Waals surface area contributed by atoms with Crippen molar-refractivity contribution in [2.45, 2.75) is 44.7 Å². The van der Waals surface area contributed by atoms with E-state index in [4.69, 9.17) is 0 Å². The van der Waals surface area contributed by atoms with Gasteiger partial charge in [-0.3, -0.25) is 9.59 Å². The summed E-state index contributed by atoms with van der Waals surface area (Å²) in [6.07, 6.45) is 6.45. The number of nitrogens with one attached hydrogen (secondary N) is 1. The van der Waals surface area contributed by atoms with E-state index in [0.717, 1.165) is 22.9 Å². The van der Waals surface area contributed by atoms with Crippen LogP contribution in [0.4, 0.5) is 0 Å². The largest absolute Gasteiger partial charge is 0.318 e. The fourth-order valence-corrected chi connectivity index (χ4v) is 5.64. The number of nitrogens with zero attached hydrogens (tertiary/aromatic N) is 2. The summed E-state index contributed by atoms with van der Waals surface area (Å²) in [7, 11) is -1.73. The lowest BCUT2D eigenvalue weighted by atomic mass is 9.77. The van der Waals surface area contributed by atoms with Crippen LogP contribution in [0.1, 0.15) is 36.0 Å². The first-order chi connectivity index (χ1) is 15.7. The zero-order valence-corrected chi connectivity index (χ0v) is 19.9. The number of pyridine rings is 2. The molecule has 0 radical (unpaired) electrons. The Hall–Kier alpha value is -2.97. The van der Waals surface area contributed by atoms with Crippen molar-refractivity contribution in [2.75, 3.05) is 6.26 Å². The molecule has 0 aliphatic heterocycles. The molecule has 7 nitrogen and oxygen atoms in total. The second-order valence-electron chi connectivity index (χ2n) is 8.73. The molecule has 1 N–H and O–H groups in total. The topological polar surface area (TPSA) is 90.2 Å². The van der Waals surface area contributed by atoms with Crippen LogP contribution in [0.5, 0.6) is 0 Å². The minimum Gasteiger partial charge on any atom is -0.318 e. The zero-order valence-electron chi connectivity index (χ0n) is 19.1. The van der Waals surface area contributed by atoms with Crippen LogP contribution in [-0.2, 0) is 36.5 Å². The lowest BCUT2D eigenvalue weighted by molar-refractivity contribution is 0.424. The van der Waals surface area contributed by atoms with Crippen molar-refractivity contribution in [3.8, 4) is 11.1 Å². The van der Waals surface area contributed by atoms with Crippen molar-refractivity contribution in [3.63, 3.8) is 0 Å². The van der Waals surface area contributed by atoms with Gasteiger partial charge in [-0.2, -0.15) is 0 Å². The molecule has 0 fully saturated rings. The molecule has 1 aliphatic rings. The molecule has 2 atom stereocenters. The molecular formula is C25H29N3O4S. The number of hydrogen-bond acceptors (Lipinski definition) is 4. The number of fused-ring (bicyclic) bond motifs is 1. The summed E-state index contributed by atoms with van der Waals surface area (Å²) in [4.78, 5) is 25.9. The zero-order chi connectivity index (χ0) is 23.8. The second-order valence-corrected chi connectivity index (χ2v) is 10.5. The third kappa shape index (κ3) is 4.86. The molecule has 2 aromatic heterocycles. The highest BCUT2D eigenvalue weighted by atomic mass is 32.2. The van der Waals surface area contributed by atoms with Crippen LogP contribution in [0.2, 0.25) is 0 Å². The average molecular weight is 468 g/mol. The van der Waals surface area contributed by atoms with Crippen LogP contribution in [0.25, 0.3) is 11.1 Å². The molecule has 0 saturated heterocycles. The van der Waals surface area contributed by atoms with E-state index in [1.54, 1.807) is 28.4 Å². The van der Waals surface area contributed by atoms with Gasteiger partial charge in [0.1, 0.15) is 0 Å². The van der Waals surface area contributed by atoms with Gasteiger partial charge in [-0.1, -0.05) is 24.3 Å². The van der Waals surface area contributed by atoms with Crippen LogP contribution in [0, 0.1) is 0 Å². The predicted octanol–water partition coefficient (Wildman–Crippen LogP) is 2.42. The van der Waals surface area contributed by atoms with Crippen molar-refractivity contribution >= 4 is 10.0 Å². The van der Waals surface area contributed by atoms with Crippen LogP contribution in [0.3, 0.4) is 0 Å². The summed E-state index contributed by atoms with van der Waals surface area (Å²) in [5.41, 5.74) is 3.87. The van der Waals surface area contributed by atoms with Crippen molar-refractivity contribution in [2.24, 2.45) is 7.05 Å². The monoisotopic (exact) mass is 467 g/mol. The van der Waals surface area contributed by atoms with E-state index in [2.05, 4.69) is 4.72 Å². The highest BCUT2D eigenvalue weighted by Crippen LogP contribution is 2.33. The Morgan fingerprint density at radius 2 is 1.85 bits per heavy atom. The predicted molar refractivity (Wildman–Crippen MR) is 130 cm³/mol. The Labute approximate surface area is 193 Å². The fraction of sp³-hybridized carbons (Fsp3) is 0.360. The van der Waals surface area contributed by atoms with Gasteiger partial charge in [-0.15, -0.1) is 0 Å². The summed E-state index contributed by atoms with van der Waals surface area (Å²) < 4.78 is 30.2. The summed E-state index contributed by atoms with van der Waals surface area (Å²) >= 11 is 0. The first kappa shape index (κ1) is 23.2. The minimum absolute atomic E-state index is 0.0620. The Morgan fingerprint density at radius 1 is 1.06 bits per heavy atom. The van der Waals surface area contributed by atoms with Gasteiger partial charge >= 0.3 is 0 Å². The Bertz CT molecular complexity index is 1410. The smallest absolute Gasteiger partial charge is 0.258 e. The Morgan fingerprint density at radius 3 is 2.58 bits per heavy atom.